The van der Waals surface area contributed by atoms with Crippen molar-refractivity contribution in [3.63, 3.8) is 0 Å². The first kappa shape index (κ1) is 31.6. The maximum atomic E-state index is 14.1. The molecule has 6 rings (SSSR count). The van der Waals surface area contributed by atoms with E-state index in [-0.39, 0.29) is 11.1 Å². The van der Waals surface area contributed by atoms with Crippen LogP contribution < -0.4 is 15.4 Å². The molecule has 1 spiro atoms. The Balaban J connectivity index is 1.21. The standard InChI is InChI=1S/C33H39FN6O5Si/c1-20-26(17-40(37-20)19-43-14-15-46(3,4)5)22-6-9-24(10-7-22)35-32(42)30(36-31(41)29-21(2)38-45-39-29)28-25-11-8-23(34)16-27(25)44-18-33(28)12-13-33/h6-11,16-17,28,30H,12-15,18-19H2,1-5H3,(H,35,42)(H,36,41)/t28?,30-/m0/s1. The van der Waals surface area contributed by atoms with E-state index in [2.05, 4.69) is 45.7 Å². The summed E-state index contributed by atoms with van der Waals surface area (Å²) >= 11 is 0. The van der Waals surface area contributed by atoms with Gasteiger partial charge in [-0.15, -0.1) is 0 Å². The van der Waals surface area contributed by atoms with Gasteiger partial charge in [0.25, 0.3) is 5.91 Å². The summed E-state index contributed by atoms with van der Waals surface area (Å²) in [5.74, 6) is -1.52. The van der Waals surface area contributed by atoms with E-state index in [0.717, 1.165) is 35.7 Å². The highest BCUT2D eigenvalue weighted by Gasteiger charge is 2.58. The Hall–Kier alpha value is -4.36. The Morgan fingerprint density at radius 2 is 1.87 bits per heavy atom. The van der Waals surface area contributed by atoms with Crippen LogP contribution in [0.15, 0.2) is 53.3 Å². The molecule has 242 valence electrons. The van der Waals surface area contributed by atoms with Crippen molar-refractivity contribution in [2.45, 2.75) is 71.1 Å². The first-order valence-corrected chi connectivity index (χ1v) is 19.2. The smallest absolute Gasteiger partial charge is 0.276 e. The Kier molecular flexibility index (Phi) is 8.55. The third-order valence-electron chi connectivity index (χ3n) is 8.78. The van der Waals surface area contributed by atoms with Crippen molar-refractivity contribution in [1.29, 1.82) is 0 Å². The van der Waals surface area contributed by atoms with Crippen LogP contribution in [0.3, 0.4) is 0 Å². The quantitative estimate of drug-likeness (QED) is 0.157. The number of aromatic nitrogens is 4. The third kappa shape index (κ3) is 6.75. The summed E-state index contributed by atoms with van der Waals surface area (Å²) in [6.45, 7) is 11.9. The van der Waals surface area contributed by atoms with Gasteiger partial charge in [-0.25, -0.2) is 13.7 Å². The lowest BCUT2D eigenvalue weighted by atomic mass is 9.76. The lowest BCUT2D eigenvalue weighted by molar-refractivity contribution is -0.119. The lowest BCUT2D eigenvalue weighted by Gasteiger charge is -2.38. The fourth-order valence-electron chi connectivity index (χ4n) is 5.98. The number of anilines is 1. The number of ether oxygens (including phenoxy) is 2. The van der Waals surface area contributed by atoms with E-state index in [1.165, 1.54) is 12.1 Å². The second-order valence-electron chi connectivity index (χ2n) is 13.5. The highest BCUT2D eigenvalue weighted by molar-refractivity contribution is 6.76. The molecule has 2 atom stereocenters. The van der Waals surface area contributed by atoms with E-state index in [1.54, 1.807) is 17.7 Å². The minimum atomic E-state index is -1.17. The minimum Gasteiger partial charge on any atom is -0.493 e. The molecule has 46 heavy (non-hydrogen) atoms. The van der Waals surface area contributed by atoms with Crippen molar-refractivity contribution in [2.24, 2.45) is 5.41 Å². The zero-order chi connectivity index (χ0) is 32.6. The number of nitrogens with one attached hydrogen (secondary N) is 2. The van der Waals surface area contributed by atoms with Crippen LogP contribution in [0.25, 0.3) is 11.1 Å². The highest BCUT2D eigenvalue weighted by atomic mass is 28.3. The molecule has 4 aromatic rings. The number of carbonyl (C=O) groups is 2. The van der Waals surface area contributed by atoms with Gasteiger partial charge in [-0.05, 0) is 61.7 Å². The van der Waals surface area contributed by atoms with Crippen molar-refractivity contribution in [2.75, 3.05) is 18.5 Å². The van der Waals surface area contributed by atoms with Crippen LogP contribution in [-0.2, 0) is 16.3 Å². The predicted octanol–water partition coefficient (Wildman–Crippen LogP) is 5.69. The maximum Gasteiger partial charge on any atom is 0.276 e. The molecule has 13 heteroatoms. The third-order valence-corrected chi connectivity index (χ3v) is 10.5. The number of carbonyl (C=O) groups excluding carboxylic acids is 2. The van der Waals surface area contributed by atoms with E-state index in [1.807, 2.05) is 37.4 Å². The summed E-state index contributed by atoms with van der Waals surface area (Å²) < 4.78 is 32.5. The summed E-state index contributed by atoms with van der Waals surface area (Å²) in [7, 11) is -1.17. The van der Waals surface area contributed by atoms with Crippen molar-refractivity contribution in [1.82, 2.24) is 25.4 Å². The van der Waals surface area contributed by atoms with Crippen LogP contribution in [-0.4, -0.2) is 59.2 Å². The van der Waals surface area contributed by atoms with E-state index in [9.17, 15) is 14.0 Å². The molecule has 0 bridgehead atoms. The average Bonchev–Trinajstić information content (AvgIpc) is 3.47. The topological polar surface area (TPSA) is 133 Å². The van der Waals surface area contributed by atoms with E-state index in [4.69, 9.17) is 14.1 Å². The zero-order valence-corrected chi connectivity index (χ0v) is 27.7. The van der Waals surface area contributed by atoms with Gasteiger partial charge in [-0.3, -0.25) is 9.59 Å². The number of hydrogen-bond acceptors (Lipinski definition) is 8. The van der Waals surface area contributed by atoms with Gasteiger partial charge in [0.15, 0.2) is 5.69 Å². The van der Waals surface area contributed by atoms with E-state index >= 15 is 0 Å². The van der Waals surface area contributed by atoms with Crippen LogP contribution in [0.1, 0.15) is 46.2 Å². The minimum absolute atomic E-state index is 0.00393. The molecule has 2 aromatic heterocycles. The summed E-state index contributed by atoms with van der Waals surface area (Å²) in [5, 5.41) is 17.9. The molecule has 2 aromatic carbocycles. The van der Waals surface area contributed by atoms with Crippen LogP contribution in [0.5, 0.6) is 5.75 Å². The van der Waals surface area contributed by atoms with Crippen LogP contribution >= 0.6 is 0 Å². The number of benzene rings is 2. The molecule has 2 aliphatic rings. The van der Waals surface area contributed by atoms with Gasteiger partial charge >= 0.3 is 0 Å². The maximum absolute atomic E-state index is 14.1. The normalized spacial score (nSPS) is 17.2. The predicted molar refractivity (Wildman–Crippen MR) is 172 cm³/mol. The van der Waals surface area contributed by atoms with Gasteiger partial charge < -0.3 is 20.1 Å². The average molecular weight is 647 g/mol. The van der Waals surface area contributed by atoms with Crippen LogP contribution in [0.4, 0.5) is 10.1 Å². The second-order valence-corrected chi connectivity index (χ2v) is 19.2. The Labute approximate surface area is 267 Å². The molecular formula is C33H39FN6O5Si. The largest absolute Gasteiger partial charge is 0.493 e. The fraction of sp³-hybridized carbons (Fsp3) is 0.424. The summed E-state index contributed by atoms with van der Waals surface area (Å²) in [6.07, 6.45) is 3.58. The summed E-state index contributed by atoms with van der Waals surface area (Å²) in [5.41, 5.74) is 3.95. The molecule has 3 heterocycles. The van der Waals surface area contributed by atoms with Gasteiger partial charge in [-0.1, -0.05) is 43.0 Å². The molecule has 1 fully saturated rings. The van der Waals surface area contributed by atoms with Gasteiger partial charge in [0.2, 0.25) is 5.91 Å². The molecule has 2 amide bonds. The molecule has 0 saturated heterocycles. The Morgan fingerprint density at radius 1 is 1.11 bits per heavy atom. The summed E-state index contributed by atoms with van der Waals surface area (Å²) in [6, 6.07) is 11.9. The van der Waals surface area contributed by atoms with Crippen LogP contribution in [0.2, 0.25) is 25.7 Å². The molecule has 1 aliphatic carbocycles. The Morgan fingerprint density at radius 3 is 2.54 bits per heavy atom. The van der Waals surface area contributed by atoms with Crippen molar-refractivity contribution in [3.05, 3.63) is 77.1 Å². The number of amides is 2. The van der Waals surface area contributed by atoms with Gasteiger partial charge in [0.1, 0.15) is 30.0 Å². The second kappa shape index (κ2) is 12.4. The molecule has 2 N–H and O–H groups in total. The number of rotatable bonds is 11. The van der Waals surface area contributed by atoms with E-state index in [0.29, 0.717) is 42.6 Å². The van der Waals surface area contributed by atoms with Gasteiger partial charge in [0.05, 0.1) is 12.3 Å². The molecule has 11 nitrogen and oxygen atoms in total. The monoisotopic (exact) mass is 646 g/mol. The highest BCUT2D eigenvalue weighted by Crippen LogP contribution is 2.61. The van der Waals surface area contributed by atoms with Crippen molar-refractivity contribution < 1.29 is 28.1 Å². The Bertz CT molecular complexity index is 1740. The first-order valence-electron chi connectivity index (χ1n) is 15.5. The van der Waals surface area contributed by atoms with Crippen LogP contribution in [0, 0.1) is 25.1 Å². The molecule has 1 unspecified atom stereocenters. The molecule has 1 aliphatic heterocycles. The zero-order valence-electron chi connectivity index (χ0n) is 26.7. The molecule has 0 radical (unpaired) electrons. The number of fused-ring (bicyclic) bond motifs is 1. The number of hydrogen-bond donors (Lipinski definition) is 2. The molecular weight excluding hydrogens is 607 g/mol. The number of aryl methyl sites for hydroxylation is 2. The number of nitrogens with zero attached hydrogens (tertiary/aromatic N) is 4. The van der Waals surface area contributed by atoms with Gasteiger partial charge in [0, 0.05) is 55.1 Å². The molecule has 1 saturated carbocycles. The van der Waals surface area contributed by atoms with Crippen molar-refractivity contribution in [3.8, 4) is 16.9 Å². The van der Waals surface area contributed by atoms with E-state index < -0.39 is 37.7 Å². The SMILES string of the molecule is Cc1nn(COCC[Si](C)(C)C)cc1-c1ccc(NC(=O)[C@@H](NC(=O)c2nonc2C)C2c3ccc(F)cc3OCC23CC3)cc1. The first-order chi connectivity index (χ1) is 21.9. The van der Waals surface area contributed by atoms with Crippen molar-refractivity contribution >= 4 is 25.6 Å². The lowest BCUT2D eigenvalue weighted by Crippen LogP contribution is -2.52. The number of halogens is 1. The summed E-state index contributed by atoms with van der Waals surface area (Å²) in [4.78, 5) is 27.4. The van der Waals surface area contributed by atoms with Gasteiger partial charge in [-0.2, -0.15) is 5.10 Å². The fourth-order valence-corrected chi connectivity index (χ4v) is 6.74.